The zero-order chi connectivity index (χ0) is 17.4. The summed E-state index contributed by atoms with van der Waals surface area (Å²) in [6.07, 6.45) is 0. The van der Waals surface area contributed by atoms with Crippen LogP contribution in [-0.4, -0.2) is 33.5 Å². The number of hydrogen-bond acceptors (Lipinski definition) is 6. The summed E-state index contributed by atoms with van der Waals surface area (Å²) in [5.74, 6) is 0.221. The Morgan fingerprint density at radius 1 is 1.32 bits per heavy atom. The molecule has 1 amide bonds. The molecular formula is C17H13FN4O2S. The predicted molar refractivity (Wildman–Crippen MR) is 94.2 cm³/mol. The molecule has 0 saturated carbocycles. The molecular weight excluding hydrogens is 343 g/mol. The van der Waals surface area contributed by atoms with Gasteiger partial charge in [0.1, 0.15) is 5.82 Å². The van der Waals surface area contributed by atoms with Crippen LogP contribution in [0, 0.1) is 12.7 Å². The number of halogens is 1. The highest BCUT2D eigenvalue weighted by Crippen LogP contribution is 2.27. The van der Waals surface area contributed by atoms with Gasteiger partial charge in [0.05, 0.1) is 28.9 Å². The molecule has 1 N–H and O–H groups in total. The Labute approximate surface area is 146 Å². The van der Waals surface area contributed by atoms with E-state index < -0.39 is 0 Å². The quantitative estimate of drug-likeness (QED) is 0.763. The maximum Gasteiger partial charge on any atom is 0.259 e. The highest BCUT2D eigenvalue weighted by molar-refractivity contribution is 8.14. The molecule has 3 aromatic rings. The van der Waals surface area contributed by atoms with Gasteiger partial charge in [-0.25, -0.2) is 9.37 Å². The Kier molecular flexibility index (Phi) is 3.96. The third kappa shape index (κ3) is 3.00. The standard InChI is InChI=1S/C17H13FN4O2S/c1-9-14-12(15(23)21-17-19-6-7-25-17)8-13(20-16(14)24-22-9)10-2-4-11(18)5-3-10/h2-5,8H,6-7H2,1H3,(H,19,21,23). The van der Waals surface area contributed by atoms with Crippen LogP contribution in [0.4, 0.5) is 4.39 Å². The monoisotopic (exact) mass is 356 g/mol. The lowest BCUT2D eigenvalue weighted by molar-refractivity contribution is 0.0979. The van der Waals surface area contributed by atoms with E-state index in [0.717, 1.165) is 5.75 Å². The normalized spacial score (nSPS) is 13.9. The predicted octanol–water partition coefficient (Wildman–Crippen LogP) is 3.17. The molecule has 0 saturated heterocycles. The van der Waals surface area contributed by atoms with Gasteiger partial charge >= 0.3 is 0 Å². The van der Waals surface area contributed by atoms with Crippen LogP contribution in [0.5, 0.6) is 0 Å². The van der Waals surface area contributed by atoms with Gasteiger partial charge in [-0.15, -0.1) is 0 Å². The molecule has 3 heterocycles. The third-order valence-electron chi connectivity index (χ3n) is 3.81. The van der Waals surface area contributed by atoms with Crippen LogP contribution in [0.25, 0.3) is 22.4 Å². The van der Waals surface area contributed by atoms with Gasteiger partial charge in [-0.1, -0.05) is 16.9 Å². The van der Waals surface area contributed by atoms with Gasteiger partial charge in [0.15, 0.2) is 5.17 Å². The number of nitrogens with zero attached hydrogens (tertiary/aromatic N) is 3. The Morgan fingerprint density at radius 3 is 2.84 bits per heavy atom. The maximum absolute atomic E-state index is 13.2. The van der Waals surface area contributed by atoms with Crippen molar-refractivity contribution >= 4 is 33.9 Å². The molecule has 1 aliphatic rings. The van der Waals surface area contributed by atoms with Crippen LogP contribution in [0.1, 0.15) is 16.1 Å². The van der Waals surface area contributed by atoms with E-state index in [1.165, 1.54) is 23.9 Å². The van der Waals surface area contributed by atoms with Gasteiger partial charge in [-0.2, -0.15) is 0 Å². The Hall–Kier alpha value is -2.74. The summed E-state index contributed by atoms with van der Waals surface area (Å²) in [4.78, 5) is 21.4. The summed E-state index contributed by atoms with van der Waals surface area (Å²) in [5.41, 5.74) is 2.44. The summed E-state index contributed by atoms with van der Waals surface area (Å²) in [5, 5.41) is 7.88. The van der Waals surface area contributed by atoms with Crippen molar-refractivity contribution in [3.8, 4) is 11.3 Å². The lowest BCUT2D eigenvalue weighted by Gasteiger charge is -2.08. The highest BCUT2D eigenvalue weighted by Gasteiger charge is 2.21. The number of pyridine rings is 1. The largest absolute Gasteiger partial charge is 0.335 e. The lowest BCUT2D eigenvalue weighted by atomic mass is 10.1. The molecule has 2 aromatic heterocycles. The fraction of sp³-hybridized carbons (Fsp3) is 0.176. The van der Waals surface area contributed by atoms with E-state index in [1.807, 2.05) is 0 Å². The van der Waals surface area contributed by atoms with Gasteiger partial charge in [0.25, 0.3) is 11.6 Å². The van der Waals surface area contributed by atoms with Crippen molar-refractivity contribution in [2.24, 2.45) is 4.99 Å². The summed E-state index contributed by atoms with van der Waals surface area (Å²) >= 11 is 1.50. The molecule has 0 unspecified atom stereocenters. The van der Waals surface area contributed by atoms with Crippen molar-refractivity contribution in [2.45, 2.75) is 6.92 Å². The molecule has 6 nitrogen and oxygen atoms in total. The number of aromatic nitrogens is 2. The van der Waals surface area contributed by atoms with Crippen LogP contribution in [0.15, 0.2) is 39.8 Å². The Bertz CT molecular complexity index is 998. The number of benzene rings is 1. The highest BCUT2D eigenvalue weighted by atomic mass is 32.2. The smallest absolute Gasteiger partial charge is 0.259 e. The molecule has 126 valence electrons. The van der Waals surface area contributed by atoms with Gasteiger partial charge in [0.2, 0.25) is 0 Å². The minimum absolute atomic E-state index is 0.269. The number of fused-ring (bicyclic) bond motifs is 1. The van der Waals surface area contributed by atoms with Crippen molar-refractivity contribution in [2.75, 3.05) is 12.3 Å². The number of amidine groups is 1. The second-order valence-electron chi connectivity index (χ2n) is 5.50. The average Bonchev–Trinajstić information content (AvgIpc) is 3.25. The number of nitrogens with one attached hydrogen (secondary N) is 1. The second-order valence-corrected chi connectivity index (χ2v) is 6.58. The number of rotatable bonds is 2. The minimum Gasteiger partial charge on any atom is -0.335 e. The van der Waals surface area contributed by atoms with E-state index in [4.69, 9.17) is 4.52 Å². The van der Waals surface area contributed by atoms with Gasteiger partial charge < -0.3 is 9.84 Å². The number of carbonyl (C=O) groups is 1. The number of hydrogen-bond donors (Lipinski definition) is 1. The van der Waals surface area contributed by atoms with Crippen molar-refractivity contribution in [1.82, 2.24) is 15.5 Å². The van der Waals surface area contributed by atoms with E-state index in [2.05, 4.69) is 20.4 Å². The van der Waals surface area contributed by atoms with Crippen LogP contribution in [0.3, 0.4) is 0 Å². The molecule has 0 spiro atoms. The molecule has 25 heavy (non-hydrogen) atoms. The van der Waals surface area contributed by atoms with Crippen molar-refractivity contribution in [1.29, 1.82) is 0 Å². The topological polar surface area (TPSA) is 80.4 Å². The summed E-state index contributed by atoms with van der Waals surface area (Å²) in [6.45, 7) is 2.45. The zero-order valence-electron chi connectivity index (χ0n) is 13.2. The van der Waals surface area contributed by atoms with Crippen LogP contribution >= 0.6 is 11.8 Å². The minimum atomic E-state index is -0.338. The number of amides is 1. The average molecular weight is 356 g/mol. The first kappa shape index (κ1) is 15.8. The van der Waals surface area contributed by atoms with Crippen molar-refractivity contribution in [3.63, 3.8) is 0 Å². The molecule has 1 aromatic carbocycles. The van der Waals surface area contributed by atoms with E-state index >= 15 is 0 Å². The van der Waals surface area contributed by atoms with E-state index in [-0.39, 0.29) is 17.4 Å². The zero-order valence-corrected chi connectivity index (χ0v) is 14.1. The van der Waals surface area contributed by atoms with E-state index in [0.29, 0.717) is 39.6 Å². The van der Waals surface area contributed by atoms with Gasteiger partial charge in [-0.05, 0) is 37.3 Å². The maximum atomic E-state index is 13.2. The third-order valence-corrected chi connectivity index (χ3v) is 4.70. The lowest BCUT2D eigenvalue weighted by Crippen LogP contribution is -2.27. The van der Waals surface area contributed by atoms with Crippen molar-refractivity contribution < 1.29 is 13.7 Å². The molecule has 8 heteroatoms. The fourth-order valence-corrected chi connectivity index (χ4v) is 3.34. The second kappa shape index (κ2) is 6.29. The molecule has 0 bridgehead atoms. The molecule has 0 aliphatic carbocycles. The Morgan fingerprint density at radius 2 is 2.12 bits per heavy atom. The molecule has 4 rings (SSSR count). The summed E-state index contributed by atoms with van der Waals surface area (Å²) < 4.78 is 18.4. The number of aryl methyl sites for hydroxylation is 1. The SMILES string of the molecule is Cc1noc2nc(-c3ccc(F)cc3)cc(C(=O)NC3=NCCS3)c12. The van der Waals surface area contributed by atoms with Crippen molar-refractivity contribution in [3.05, 3.63) is 47.4 Å². The molecule has 0 radical (unpaired) electrons. The van der Waals surface area contributed by atoms with Crippen LogP contribution in [0.2, 0.25) is 0 Å². The number of thioether (sulfide) groups is 1. The van der Waals surface area contributed by atoms with E-state index in [9.17, 15) is 9.18 Å². The fourth-order valence-electron chi connectivity index (χ4n) is 2.62. The molecule has 0 atom stereocenters. The first-order valence-corrected chi connectivity index (χ1v) is 8.62. The van der Waals surface area contributed by atoms with Crippen LogP contribution in [-0.2, 0) is 0 Å². The molecule has 0 fully saturated rings. The number of aliphatic imine (C=N–C) groups is 1. The molecule has 1 aliphatic heterocycles. The van der Waals surface area contributed by atoms with Gasteiger partial charge in [0, 0.05) is 11.3 Å². The Balaban J connectivity index is 1.81. The summed E-state index contributed by atoms with van der Waals surface area (Å²) in [7, 11) is 0. The van der Waals surface area contributed by atoms with Crippen LogP contribution < -0.4 is 5.32 Å². The summed E-state index contributed by atoms with van der Waals surface area (Å²) in [6, 6.07) is 7.55. The first-order chi connectivity index (χ1) is 12.1. The first-order valence-electron chi connectivity index (χ1n) is 7.63. The van der Waals surface area contributed by atoms with E-state index in [1.54, 1.807) is 25.1 Å². The van der Waals surface area contributed by atoms with Gasteiger partial charge in [-0.3, -0.25) is 9.79 Å². The number of carbonyl (C=O) groups excluding carboxylic acids is 1.